The molecule has 0 saturated carbocycles. The molecule has 1 N–H and O–H groups in total. The Hall–Kier alpha value is -3.35. The highest BCUT2D eigenvalue weighted by molar-refractivity contribution is 5.89. The molecule has 1 saturated heterocycles. The van der Waals surface area contributed by atoms with Crippen molar-refractivity contribution in [2.45, 2.75) is 25.9 Å². The fraction of sp³-hybridized carbons (Fsp3) is 0.348. The molecule has 158 valence electrons. The number of carbonyl (C=O) groups excluding carboxylic acids is 2. The molecule has 2 aromatic carbocycles. The van der Waals surface area contributed by atoms with Crippen LogP contribution < -0.4 is 0 Å². The summed E-state index contributed by atoms with van der Waals surface area (Å²) < 4.78 is 10.4. The highest BCUT2D eigenvalue weighted by atomic mass is 16.5. The second-order valence-electron chi connectivity index (χ2n) is 7.48. The Kier molecular flexibility index (Phi) is 6.72. The molecule has 2 aromatic rings. The van der Waals surface area contributed by atoms with Crippen LogP contribution in [0.1, 0.15) is 34.3 Å². The van der Waals surface area contributed by atoms with Gasteiger partial charge in [-0.05, 0) is 42.5 Å². The van der Waals surface area contributed by atoms with Crippen molar-refractivity contribution >= 4 is 18.0 Å². The lowest BCUT2D eigenvalue weighted by molar-refractivity contribution is -0.160. The Morgan fingerprint density at radius 2 is 1.60 bits per heavy atom. The van der Waals surface area contributed by atoms with E-state index in [9.17, 15) is 19.5 Å². The third kappa shape index (κ3) is 4.97. The number of amides is 1. The van der Waals surface area contributed by atoms with E-state index < -0.39 is 17.5 Å². The van der Waals surface area contributed by atoms with Gasteiger partial charge in [0.15, 0.2) is 0 Å². The van der Waals surface area contributed by atoms with Gasteiger partial charge in [0.2, 0.25) is 0 Å². The molecular weight excluding hydrogens is 386 g/mol. The van der Waals surface area contributed by atoms with Gasteiger partial charge in [-0.2, -0.15) is 0 Å². The molecule has 0 bridgehead atoms. The average molecular weight is 411 g/mol. The Balaban J connectivity index is 1.76. The summed E-state index contributed by atoms with van der Waals surface area (Å²) in [7, 11) is 1.32. The largest absolute Gasteiger partial charge is 0.465 e. The highest BCUT2D eigenvalue weighted by Gasteiger charge is 2.43. The third-order valence-corrected chi connectivity index (χ3v) is 5.55. The second kappa shape index (κ2) is 9.43. The summed E-state index contributed by atoms with van der Waals surface area (Å²) in [4.78, 5) is 37.4. The van der Waals surface area contributed by atoms with Crippen LogP contribution in [0, 0.1) is 5.41 Å². The molecule has 0 aliphatic carbocycles. The Bertz CT molecular complexity index is 886. The summed E-state index contributed by atoms with van der Waals surface area (Å²) in [6.45, 7) is 0.720. The molecule has 3 rings (SSSR count). The van der Waals surface area contributed by atoms with E-state index in [1.807, 2.05) is 30.3 Å². The van der Waals surface area contributed by atoms with E-state index in [1.54, 1.807) is 24.3 Å². The molecule has 7 nitrogen and oxygen atoms in total. The van der Waals surface area contributed by atoms with E-state index in [1.165, 1.54) is 12.0 Å². The summed E-state index contributed by atoms with van der Waals surface area (Å²) in [6, 6.07) is 16.3. The van der Waals surface area contributed by atoms with E-state index in [0.29, 0.717) is 24.8 Å². The average Bonchev–Trinajstić information content (AvgIpc) is 2.78. The van der Waals surface area contributed by atoms with Crippen LogP contribution in [0.3, 0.4) is 0 Å². The number of piperidine rings is 1. The van der Waals surface area contributed by atoms with Gasteiger partial charge in [0.1, 0.15) is 6.61 Å². The molecule has 0 spiro atoms. The first-order chi connectivity index (χ1) is 14.4. The number of ether oxygens (including phenoxy) is 2. The Morgan fingerprint density at radius 1 is 0.967 bits per heavy atom. The molecule has 1 aliphatic rings. The number of carboxylic acid groups (broad SMARTS) is 1. The van der Waals surface area contributed by atoms with E-state index in [2.05, 4.69) is 0 Å². The van der Waals surface area contributed by atoms with Gasteiger partial charge >= 0.3 is 18.0 Å². The number of hydrogen-bond donors (Lipinski definition) is 1. The van der Waals surface area contributed by atoms with E-state index >= 15 is 0 Å². The van der Waals surface area contributed by atoms with Gasteiger partial charge in [0, 0.05) is 13.1 Å². The lowest BCUT2D eigenvalue weighted by atomic mass is 9.73. The molecule has 30 heavy (non-hydrogen) atoms. The normalized spacial score (nSPS) is 15.3. The van der Waals surface area contributed by atoms with Crippen molar-refractivity contribution in [3.63, 3.8) is 0 Å². The molecule has 7 heteroatoms. The number of nitrogens with zero attached hydrogens (tertiary/aromatic N) is 1. The van der Waals surface area contributed by atoms with Crippen LogP contribution in [0.5, 0.6) is 0 Å². The molecule has 1 heterocycles. The smallest absolute Gasteiger partial charge is 0.407 e. The molecule has 1 fully saturated rings. The van der Waals surface area contributed by atoms with Crippen molar-refractivity contribution in [3.8, 4) is 0 Å². The monoisotopic (exact) mass is 411 g/mol. The first-order valence-corrected chi connectivity index (χ1v) is 9.80. The quantitative estimate of drug-likeness (QED) is 0.731. The Labute approximate surface area is 175 Å². The van der Waals surface area contributed by atoms with Crippen LogP contribution in [-0.2, 0) is 27.3 Å². The number of benzene rings is 2. The number of methoxy groups -OCH3 is 1. The number of rotatable bonds is 6. The van der Waals surface area contributed by atoms with Crippen molar-refractivity contribution in [1.29, 1.82) is 0 Å². The van der Waals surface area contributed by atoms with Crippen molar-refractivity contribution in [2.24, 2.45) is 5.41 Å². The molecule has 0 radical (unpaired) electrons. The van der Waals surface area contributed by atoms with Crippen molar-refractivity contribution in [1.82, 2.24) is 4.90 Å². The molecular formula is C23H25NO6. The first-order valence-electron chi connectivity index (χ1n) is 9.80. The Morgan fingerprint density at radius 3 is 2.17 bits per heavy atom. The van der Waals surface area contributed by atoms with Crippen molar-refractivity contribution in [3.05, 3.63) is 71.3 Å². The summed E-state index contributed by atoms with van der Waals surface area (Å²) in [6.07, 6.45) is 0.191. The SMILES string of the molecule is COC(=O)c1ccc(CC2(C(=O)OCc3ccccc3)CCN(C(=O)O)CC2)cc1. The van der Waals surface area contributed by atoms with Crippen LogP contribution in [0.25, 0.3) is 0 Å². The maximum absolute atomic E-state index is 13.1. The predicted molar refractivity (Wildman–Crippen MR) is 109 cm³/mol. The minimum absolute atomic E-state index is 0.172. The third-order valence-electron chi connectivity index (χ3n) is 5.55. The van der Waals surface area contributed by atoms with E-state index in [-0.39, 0.29) is 25.7 Å². The lowest BCUT2D eigenvalue weighted by Gasteiger charge is -2.39. The van der Waals surface area contributed by atoms with Crippen LogP contribution in [-0.4, -0.2) is 48.2 Å². The standard InChI is InChI=1S/C23H25NO6/c1-29-20(25)19-9-7-17(8-10-19)15-23(11-13-24(14-12-23)22(27)28)21(26)30-16-18-5-3-2-4-6-18/h2-10H,11-16H2,1H3,(H,27,28). The predicted octanol–water partition coefficient (Wildman–Crippen LogP) is 3.52. The van der Waals surface area contributed by atoms with Gasteiger partial charge in [-0.1, -0.05) is 42.5 Å². The number of hydrogen-bond acceptors (Lipinski definition) is 5. The van der Waals surface area contributed by atoms with Crippen LogP contribution in [0.15, 0.2) is 54.6 Å². The first kappa shape index (κ1) is 21.4. The molecule has 1 aliphatic heterocycles. The number of carbonyl (C=O) groups is 3. The fourth-order valence-corrected chi connectivity index (χ4v) is 3.72. The van der Waals surface area contributed by atoms with Crippen LogP contribution in [0.2, 0.25) is 0 Å². The number of esters is 2. The zero-order valence-corrected chi connectivity index (χ0v) is 16.9. The second-order valence-corrected chi connectivity index (χ2v) is 7.48. The topological polar surface area (TPSA) is 93.1 Å². The van der Waals surface area contributed by atoms with E-state index in [4.69, 9.17) is 9.47 Å². The zero-order valence-electron chi connectivity index (χ0n) is 16.9. The summed E-state index contributed by atoms with van der Waals surface area (Å²) in [5.74, 6) is -0.748. The molecule has 0 unspecified atom stereocenters. The van der Waals surface area contributed by atoms with Crippen molar-refractivity contribution in [2.75, 3.05) is 20.2 Å². The maximum atomic E-state index is 13.1. The van der Waals surface area contributed by atoms with Crippen molar-refractivity contribution < 1.29 is 29.0 Å². The zero-order chi connectivity index (χ0) is 21.6. The summed E-state index contributed by atoms with van der Waals surface area (Å²) in [5.41, 5.74) is 1.39. The molecule has 1 amide bonds. The van der Waals surface area contributed by atoms with E-state index in [0.717, 1.165) is 11.1 Å². The number of likely N-dealkylation sites (tertiary alicyclic amines) is 1. The van der Waals surface area contributed by atoms with Crippen LogP contribution in [0.4, 0.5) is 4.79 Å². The van der Waals surface area contributed by atoms with Gasteiger partial charge in [-0.15, -0.1) is 0 Å². The maximum Gasteiger partial charge on any atom is 0.407 e. The van der Waals surface area contributed by atoms with Gasteiger partial charge in [0.05, 0.1) is 18.1 Å². The summed E-state index contributed by atoms with van der Waals surface area (Å²) in [5, 5.41) is 9.26. The van der Waals surface area contributed by atoms with Gasteiger partial charge in [0.25, 0.3) is 0 Å². The minimum atomic E-state index is -0.983. The van der Waals surface area contributed by atoms with Gasteiger partial charge in [-0.3, -0.25) is 4.79 Å². The molecule has 0 aromatic heterocycles. The minimum Gasteiger partial charge on any atom is -0.465 e. The van der Waals surface area contributed by atoms with Crippen LogP contribution >= 0.6 is 0 Å². The highest BCUT2D eigenvalue weighted by Crippen LogP contribution is 2.37. The fourth-order valence-electron chi connectivity index (χ4n) is 3.72. The van der Waals surface area contributed by atoms with Gasteiger partial charge in [-0.25, -0.2) is 9.59 Å². The lowest BCUT2D eigenvalue weighted by Crippen LogP contribution is -2.47. The summed E-state index contributed by atoms with van der Waals surface area (Å²) >= 11 is 0. The molecule has 0 atom stereocenters. The van der Waals surface area contributed by atoms with Gasteiger partial charge < -0.3 is 19.5 Å².